The van der Waals surface area contributed by atoms with Crippen LogP contribution in [0.3, 0.4) is 0 Å². The van der Waals surface area contributed by atoms with E-state index in [1.165, 1.54) is 0 Å². The maximum atomic E-state index is 13.1. The van der Waals surface area contributed by atoms with Crippen molar-refractivity contribution in [1.29, 1.82) is 0 Å². The number of aromatic nitrogens is 2. The van der Waals surface area contributed by atoms with E-state index in [2.05, 4.69) is 23.8 Å². The van der Waals surface area contributed by atoms with E-state index in [0.717, 1.165) is 62.9 Å². The van der Waals surface area contributed by atoms with Crippen molar-refractivity contribution in [3.05, 3.63) is 16.4 Å². The summed E-state index contributed by atoms with van der Waals surface area (Å²) in [6.07, 6.45) is 5.89. The summed E-state index contributed by atoms with van der Waals surface area (Å²) < 4.78 is 1.90. The molecule has 1 saturated heterocycles. The minimum atomic E-state index is 0.0686. The largest absolute Gasteiger partial charge is 0.335 e. The summed E-state index contributed by atoms with van der Waals surface area (Å²) in [4.78, 5) is 15.2. The second kappa shape index (κ2) is 7.67. The normalized spacial score (nSPS) is 27.3. The predicted molar refractivity (Wildman–Crippen MR) is 100 cm³/mol. The van der Waals surface area contributed by atoms with Crippen molar-refractivity contribution < 1.29 is 4.79 Å². The van der Waals surface area contributed by atoms with E-state index in [4.69, 9.17) is 17.3 Å². The SMILES string of the molecule is Cc1nn(CC(C)C)c(Cl)c1[C@@H]1CCCN1C(=O)[C@@H]1CCC[C@H](N)C1. The van der Waals surface area contributed by atoms with Gasteiger partial charge in [0.15, 0.2) is 0 Å². The predicted octanol–water partition coefficient (Wildman–Crippen LogP) is 3.68. The van der Waals surface area contributed by atoms with Crippen molar-refractivity contribution in [2.45, 2.75) is 77.9 Å². The van der Waals surface area contributed by atoms with Crippen LogP contribution < -0.4 is 5.73 Å². The summed E-state index contributed by atoms with van der Waals surface area (Å²) in [6, 6.07) is 0.238. The lowest BCUT2D eigenvalue weighted by molar-refractivity contribution is -0.137. The molecule has 0 aromatic carbocycles. The van der Waals surface area contributed by atoms with Crippen LogP contribution >= 0.6 is 11.6 Å². The zero-order valence-corrected chi connectivity index (χ0v) is 16.4. The van der Waals surface area contributed by atoms with Gasteiger partial charge in [0, 0.05) is 30.6 Å². The summed E-state index contributed by atoms with van der Waals surface area (Å²) in [5.74, 6) is 0.827. The molecule has 1 aromatic rings. The summed E-state index contributed by atoms with van der Waals surface area (Å²) in [5.41, 5.74) is 8.10. The van der Waals surface area contributed by atoms with E-state index in [1.54, 1.807) is 0 Å². The van der Waals surface area contributed by atoms with Crippen molar-refractivity contribution in [2.75, 3.05) is 6.54 Å². The van der Waals surface area contributed by atoms with Crippen LogP contribution in [-0.4, -0.2) is 33.2 Å². The molecule has 3 rings (SSSR count). The molecule has 140 valence electrons. The van der Waals surface area contributed by atoms with Gasteiger partial charge in [0.05, 0.1) is 11.7 Å². The number of aryl methyl sites for hydroxylation is 1. The van der Waals surface area contributed by atoms with Gasteiger partial charge >= 0.3 is 0 Å². The second-order valence-corrected chi connectivity index (χ2v) is 8.54. The van der Waals surface area contributed by atoms with Crippen LogP contribution in [0.2, 0.25) is 5.15 Å². The van der Waals surface area contributed by atoms with Crippen molar-refractivity contribution in [3.8, 4) is 0 Å². The quantitative estimate of drug-likeness (QED) is 0.883. The number of nitrogens with two attached hydrogens (primary N) is 1. The smallest absolute Gasteiger partial charge is 0.226 e. The lowest BCUT2D eigenvalue weighted by Gasteiger charge is -2.32. The number of nitrogens with zero attached hydrogens (tertiary/aromatic N) is 3. The zero-order chi connectivity index (χ0) is 18.1. The highest BCUT2D eigenvalue weighted by Gasteiger charge is 2.38. The summed E-state index contributed by atoms with van der Waals surface area (Å²) in [7, 11) is 0. The van der Waals surface area contributed by atoms with Gasteiger partial charge in [-0.05, 0) is 44.9 Å². The Kier molecular flexibility index (Phi) is 5.74. The van der Waals surface area contributed by atoms with Crippen molar-refractivity contribution in [1.82, 2.24) is 14.7 Å². The molecule has 6 heteroatoms. The van der Waals surface area contributed by atoms with Crippen LogP contribution in [-0.2, 0) is 11.3 Å². The molecule has 0 spiro atoms. The molecule has 0 bridgehead atoms. The third-order valence-electron chi connectivity index (χ3n) is 5.58. The van der Waals surface area contributed by atoms with Crippen LogP contribution in [0, 0.1) is 18.8 Å². The third-order valence-corrected chi connectivity index (χ3v) is 5.98. The number of hydrogen-bond donors (Lipinski definition) is 1. The number of hydrogen-bond acceptors (Lipinski definition) is 3. The van der Waals surface area contributed by atoms with Gasteiger partial charge in [-0.2, -0.15) is 5.10 Å². The van der Waals surface area contributed by atoms with Gasteiger partial charge in [-0.1, -0.05) is 31.9 Å². The standard InChI is InChI=1S/C19H31ClN4O/c1-12(2)11-24-18(20)17(13(3)22-24)16-8-5-9-23(16)19(25)14-6-4-7-15(21)10-14/h12,14-16H,4-11,21H2,1-3H3/t14-,15+,16+/m1/s1. The first-order chi connectivity index (χ1) is 11.9. The molecule has 2 aliphatic rings. The average Bonchev–Trinajstić information content (AvgIpc) is 3.11. The van der Waals surface area contributed by atoms with Crippen molar-refractivity contribution in [2.24, 2.45) is 17.6 Å². The number of likely N-dealkylation sites (tertiary alicyclic amines) is 1. The second-order valence-electron chi connectivity index (χ2n) is 8.18. The number of halogens is 1. The molecule has 0 radical (unpaired) electrons. The minimum Gasteiger partial charge on any atom is -0.335 e. The van der Waals surface area contributed by atoms with Gasteiger partial charge in [-0.15, -0.1) is 0 Å². The summed E-state index contributed by atoms with van der Waals surface area (Å²) in [6.45, 7) is 7.95. The maximum absolute atomic E-state index is 13.1. The Labute approximate surface area is 155 Å². The van der Waals surface area contributed by atoms with Gasteiger partial charge < -0.3 is 10.6 Å². The first-order valence-electron chi connectivity index (χ1n) is 9.67. The van der Waals surface area contributed by atoms with Crippen LogP contribution in [0.25, 0.3) is 0 Å². The molecule has 1 aromatic heterocycles. The molecule has 2 fully saturated rings. The summed E-state index contributed by atoms with van der Waals surface area (Å²) in [5, 5.41) is 5.34. The Morgan fingerprint density at radius 3 is 2.76 bits per heavy atom. The molecule has 0 unspecified atom stereocenters. The molecule has 3 atom stereocenters. The molecule has 5 nitrogen and oxygen atoms in total. The molecule has 2 N–H and O–H groups in total. The van der Waals surface area contributed by atoms with E-state index < -0.39 is 0 Å². The monoisotopic (exact) mass is 366 g/mol. The van der Waals surface area contributed by atoms with Crippen molar-refractivity contribution in [3.63, 3.8) is 0 Å². The fourth-order valence-corrected chi connectivity index (χ4v) is 4.80. The first-order valence-corrected chi connectivity index (χ1v) is 10.0. The number of carbonyl (C=O) groups excluding carboxylic acids is 1. The number of rotatable bonds is 4. The molecule has 2 heterocycles. The van der Waals surface area contributed by atoms with Gasteiger partial charge in [0.2, 0.25) is 5.91 Å². The van der Waals surface area contributed by atoms with Crippen LogP contribution in [0.1, 0.15) is 69.7 Å². The lowest BCUT2D eigenvalue weighted by Crippen LogP contribution is -2.40. The fraction of sp³-hybridized carbons (Fsp3) is 0.789. The van der Waals surface area contributed by atoms with Crippen molar-refractivity contribution >= 4 is 17.5 Å². The molecule has 25 heavy (non-hydrogen) atoms. The highest BCUT2D eigenvalue weighted by molar-refractivity contribution is 6.30. The number of carbonyl (C=O) groups is 1. The Hall–Kier alpha value is -1.07. The zero-order valence-electron chi connectivity index (χ0n) is 15.7. The highest BCUT2D eigenvalue weighted by atomic mass is 35.5. The molecule has 1 saturated carbocycles. The third kappa shape index (κ3) is 3.87. The van der Waals surface area contributed by atoms with E-state index in [9.17, 15) is 4.79 Å². The van der Waals surface area contributed by atoms with Gasteiger partial charge in [-0.3, -0.25) is 9.48 Å². The van der Waals surface area contributed by atoms with Gasteiger partial charge in [0.25, 0.3) is 0 Å². The van der Waals surface area contributed by atoms with Gasteiger partial charge in [-0.25, -0.2) is 0 Å². The number of amides is 1. The average molecular weight is 367 g/mol. The minimum absolute atomic E-state index is 0.0686. The Morgan fingerprint density at radius 2 is 2.08 bits per heavy atom. The lowest BCUT2D eigenvalue weighted by atomic mass is 9.85. The van der Waals surface area contributed by atoms with E-state index >= 15 is 0 Å². The molecule has 1 amide bonds. The summed E-state index contributed by atoms with van der Waals surface area (Å²) >= 11 is 6.68. The highest BCUT2D eigenvalue weighted by Crippen LogP contribution is 2.40. The van der Waals surface area contributed by atoms with Gasteiger partial charge in [0.1, 0.15) is 5.15 Å². The maximum Gasteiger partial charge on any atom is 0.226 e. The molecular weight excluding hydrogens is 336 g/mol. The van der Waals surface area contributed by atoms with Crippen LogP contribution in [0.15, 0.2) is 0 Å². The fourth-order valence-electron chi connectivity index (χ4n) is 4.43. The van der Waals surface area contributed by atoms with Crippen LogP contribution in [0.5, 0.6) is 0 Å². The molecule has 1 aliphatic heterocycles. The molecule has 1 aliphatic carbocycles. The topological polar surface area (TPSA) is 64.2 Å². The Morgan fingerprint density at radius 1 is 1.32 bits per heavy atom. The molecular formula is C19H31ClN4O. The first kappa shape index (κ1) is 18.7. The van der Waals surface area contributed by atoms with E-state index in [0.29, 0.717) is 11.1 Å². The Balaban J connectivity index is 1.82. The van der Waals surface area contributed by atoms with Crippen LogP contribution in [0.4, 0.5) is 0 Å². The van der Waals surface area contributed by atoms with E-state index in [1.807, 2.05) is 11.6 Å². The Bertz CT molecular complexity index is 627. The van der Waals surface area contributed by atoms with E-state index in [-0.39, 0.29) is 23.9 Å².